The second-order valence-corrected chi connectivity index (χ2v) is 11.1. The zero-order chi connectivity index (χ0) is 30.7. The van der Waals surface area contributed by atoms with E-state index in [0.29, 0.717) is 45.4 Å². The fraction of sp³-hybridized carbons (Fsp3) is 0.229. The molecular formula is C35H34ClN3O4. The van der Waals surface area contributed by atoms with Gasteiger partial charge in [0.2, 0.25) is 0 Å². The highest BCUT2D eigenvalue weighted by molar-refractivity contribution is 6.32. The topological polar surface area (TPSA) is 74.9 Å². The summed E-state index contributed by atoms with van der Waals surface area (Å²) >= 11 is 6.67. The summed E-state index contributed by atoms with van der Waals surface area (Å²) in [5.74, 6) is 2.31. The van der Waals surface area contributed by atoms with Gasteiger partial charge in [-0.3, -0.25) is 4.79 Å². The SMILES string of the molecule is COc1cc(C)c(-c2nc3ccccc3c(=O)n2N=Cc2cc(Cl)c(OCc3cccc(C)c3)c(OC)c2)cc1C(C)C. The molecule has 4 aromatic carbocycles. The summed E-state index contributed by atoms with van der Waals surface area (Å²) in [6, 6.07) is 22.8. The second-order valence-electron chi connectivity index (χ2n) is 10.7. The fourth-order valence-corrected chi connectivity index (χ4v) is 5.28. The highest BCUT2D eigenvalue weighted by Crippen LogP contribution is 2.37. The van der Waals surface area contributed by atoms with E-state index in [0.717, 1.165) is 33.6 Å². The van der Waals surface area contributed by atoms with E-state index in [4.69, 9.17) is 30.8 Å². The van der Waals surface area contributed by atoms with E-state index in [-0.39, 0.29) is 11.5 Å². The van der Waals surface area contributed by atoms with Crippen molar-refractivity contribution in [1.29, 1.82) is 0 Å². The van der Waals surface area contributed by atoms with Crippen molar-refractivity contribution < 1.29 is 14.2 Å². The lowest BCUT2D eigenvalue weighted by molar-refractivity contribution is 0.284. The fourth-order valence-electron chi connectivity index (χ4n) is 5.01. The molecule has 1 heterocycles. The quantitative estimate of drug-likeness (QED) is 0.162. The Bertz CT molecular complexity index is 1900. The molecule has 220 valence electrons. The number of aryl methyl sites for hydroxylation is 2. The minimum atomic E-state index is -0.283. The molecule has 0 unspecified atom stereocenters. The zero-order valence-electron chi connectivity index (χ0n) is 25.1. The Kier molecular flexibility index (Phi) is 8.83. The van der Waals surface area contributed by atoms with E-state index in [1.165, 1.54) is 4.68 Å². The van der Waals surface area contributed by atoms with Gasteiger partial charge in [-0.15, -0.1) is 0 Å². The molecule has 0 saturated heterocycles. The van der Waals surface area contributed by atoms with Gasteiger partial charge in [-0.1, -0.05) is 67.4 Å². The van der Waals surface area contributed by atoms with Crippen molar-refractivity contribution in [2.24, 2.45) is 5.10 Å². The van der Waals surface area contributed by atoms with E-state index in [1.54, 1.807) is 38.6 Å². The number of hydrogen-bond acceptors (Lipinski definition) is 6. The van der Waals surface area contributed by atoms with Crippen molar-refractivity contribution in [1.82, 2.24) is 9.66 Å². The van der Waals surface area contributed by atoms with Crippen molar-refractivity contribution in [3.05, 3.63) is 116 Å². The largest absolute Gasteiger partial charge is 0.496 e. The Labute approximate surface area is 256 Å². The van der Waals surface area contributed by atoms with E-state index in [1.807, 2.05) is 62.4 Å². The molecule has 0 aliphatic rings. The standard InChI is InChI=1S/C35H34ClN3O4/c1-21(2)27-18-28(23(4)15-31(27)41-5)34-38-30-13-8-7-12-26(30)35(40)39(34)37-19-25-16-29(36)33(32(17-25)42-6)43-20-24-11-9-10-22(3)14-24/h7-19,21H,20H2,1-6H3. The summed E-state index contributed by atoms with van der Waals surface area (Å²) < 4.78 is 18.6. The molecule has 0 aliphatic heterocycles. The molecule has 0 amide bonds. The first-order chi connectivity index (χ1) is 20.7. The molecule has 0 radical (unpaired) electrons. The van der Waals surface area contributed by atoms with E-state index < -0.39 is 0 Å². The van der Waals surface area contributed by atoms with Crippen molar-refractivity contribution in [2.75, 3.05) is 14.2 Å². The van der Waals surface area contributed by atoms with Crippen LogP contribution < -0.4 is 19.8 Å². The molecule has 0 N–H and O–H groups in total. The molecular weight excluding hydrogens is 562 g/mol. The first-order valence-electron chi connectivity index (χ1n) is 14.0. The number of nitrogens with zero attached hydrogens (tertiary/aromatic N) is 3. The predicted molar refractivity (Wildman–Crippen MR) is 173 cm³/mol. The molecule has 8 heteroatoms. The predicted octanol–water partition coefficient (Wildman–Crippen LogP) is 7.94. The number of rotatable bonds is 9. The van der Waals surface area contributed by atoms with Crippen LogP contribution in [0.5, 0.6) is 17.2 Å². The van der Waals surface area contributed by atoms with Crippen molar-refractivity contribution in [2.45, 2.75) is 40.2 Å². The Morgan fingerprint density at radius 1 is 0.953 bits per heavy atom. The van der Waals surface area contributed by atoms with Crippen LogP contribution in [-0.2, 0) is 6.61 Å². The molecule has 0 bridgehead atoms. The second kappa shape index (κ2) is 12.7. The Hall–Kier alpha value is -4.62. The monoisotopic (exact) mass is 595 g/mol. The smallest absolute Gasteiger partial charge is 0.282 e. The van der Waals surface area contributed by atoms with Crippen LogP contribution in [0.2, 0.25) is 5.02 Å². The molecule has 0 aliphatic carbocycles. The van der Waals surface area contributed by atoms with E-state index >= 15 is 0 Å². The number of fused-ring (bicyclic) bond motifs is 1. The van der Waals surface area contributed by atoms with E-state index in [9.17, 15) is 4.79 Å². The van der Waals surface area contributed by atoms with Gasteiger partial charge >= 0.3 is 0 Å². The average Bonchev–Trinajstić information content (AvgIpc) is 2.99. The van der Waals surface area contributed by atoms with Crippen LogP contribution in [0.15, 0.2) is 82.7 Å². The summed E-state index contributed by atoms with van der Waals surface area (Å²) in [6.07, 6.45) is 1.57. The number of aromatic nitrogens is 2. The van der Waals surface area contributed by atoms with Gasteiger partial charge in [-0.25, -0.2) is 4.98 Å². The van der Waals surface area contributed by atoms with Crippen molar-refractivity contribution >= 4 is 28.7 Å². The maximum absolute atomic E-state index is 13.8. The molecule has 7 nitrogen and oxygen atoms in total. The maximum Gasteiger partial charge on any atom is 0.282 e. The van der Waals surface area contributed by atoms with Gasteiger partial charge in [0.25, 0.3) is 5.56 Å². The number of benzene rings is 4. The Morgan fingerprint density at radius 3 is 2.44 bits per heavy atom. The maximum atomic E-state index is 13.8. The van der Waals surface area contributed by atoms with Crippen LogP contribution in [0.4, 0.5) is 0 Å². The van der Waals surface area contributed by atoms with Gasteiger partial charge in [0.15, 0.2) is 17.3 Å². The summed E-state index contributed by atoms with van der Waals surface area (Å²) in [5.41, 5.74) is 5.82. The third kappa shape index (κ3) is 6.27. The minimum Gasteiger partial charge on any atom is -0.496 e. The van der Waals surface area contributed by atoms with Crippen LogP contribution in [0.1, 0.15) is 47.6 Å². The third-order valence-electron chi connectivity index (χ3n) is 7.23. The zero-order valence-corrected chi connectivity index (χ0v) is 25.9. The number of hydrogen-bond donors (Lipinski definition) is 0. The molecule has 0 spiro atoms. The van der Waals surface area contributed by atoms with Crippen LogP contribution in [-0.4, -0.2) is 30.1 Å². The molecule has 0 fully saturated rings. The van der Waals surface area contributed by atoms with Crippen LogP contribution in [0.25, 0.3) is 22.3 Å². The third-order valence-corrected chi connectivity index (χ3v) is 7.51. The lowest BCUT2D eigenvalue weighted by atomic mass is 9.96. The molecule has 5 rings (SSSR count). The molecule has 1 aromatic heterocycles. The van der Waals surface area contributed by atoms with Gasteiger partial charge in [0, 0.05) is 5.56 Å². The summed E-state index contributed by atoms with van der Waals surface area (Å²) in [7, 11) is 3.22. The molecule has 0 atom stereocenters. The summed E-state index contributed by atoms with van der Waals surface area (Å²) in [4.78, 5) is 18.7. The van der Waals surface area contributed by atoms with Crippen molar-refractivity contribution in [3.8, 4) is 28.6 Å². The van der Waals surface area contributed by atoms with Gasteiger partial charge in [0.1, 0.15) is 12.4 Å². The molecule has 5 aromatic rings. The highest BCUT2D eigenvalue weighted by atomic mass is 35.5. The lowest BCUT2D eigenvalue weighted by Gasteiger charge is -2.17. The number of ether oxygens (including phenoxy) is 3. The minimum absolute atomic E-state index is 0.194. The molecule has 0 saturated carbocycles. The summed E-state index contributed by atoms with van der Waals surface area (Å²) in [5, 5.41) is 5.47. The average molecular weight is 596 g/mol. The molecule has 43 heavy (non-hydrogen) atoms. The number of methoxy groups -OCH3 is 2. The van der Waals surface area contributed by atoms with Crippen LogP contribution in [0.3, 0.4) is 0 Å². The van der Waals surface area contributed by atoms with Crippen LogP contribution in [0, 0.1) is 13.8 Å². The Morgan fingerprint density at radius 2 is 1.72 bits per heavy atom. The van der Waals surface area contributed by atoms with Gasteiger partial charge in [-0.2, -0.15) is 9.78 Å². The van der Waals surface area contributed by atoms with Gasteiger partial charge in [0.05, 0.1) is 36.4 Å². The lowest BCUT2D eigenvalue weighted by Crippen LogP contribution is -2.20. The first-order valence-corrected chi connectivity index (χ1v) is 14.4. The highest BCUT2D eigenvalue weighted by Gasteiger charge is 2.19. The van der Waals surface area contributed by atoms with Crippen LogP contribution >= 0.6 is 11.6 Å². The summed E-state index contributed by atoms with van der Waals surface area (Å²) in [6.45, 7) is 8.54. The normalized spacial score (nSPS) is 11.4. The number of para-hydroxylation sites is 1. The van der Waals surface area contributed by atoms with Gasteiger partial charge in [-0.05, 0) is 78.4 Å². The number of halogens is 1. The van der Waals surface area contributed by atoms with E-state index in [2.05, 4.69) is 25.0 Å². The van der Waals surface area contributed by atoms with Crippen molar-refractivity contribution in [3.63, 3.8) is 0 Å². The first kappa shape index (κ1) is 29.9. The Balaban J connectivity index is 1.59. The van der Waals surface area contributed by atoms with Gasteiger partial charge < -0.3 is 14.2 Å².